The lowest BCUT2D eigenvalue weighted by Crippen LogP contribution is -2.15. The SMILES string of the molecule is NCc1sccc1S(=O)(=O)Nc1cccc(C(F)(F)F)c1. The Bertz CT molecular complexity index is 739. The van der Waals surface area contributed by atoms with E-state index in [0.717, 1.165) is 18.2 Å². The van der Waals surface area contributed by atoms with Gasteiger partial charge < -0.3 is 5.73 Å². The van der Waals surface area contributed by atoms with Crippen molar-refractivity contribution in [1.82, 2.24) is 0 Å². The van der Waals surface area contributed by atoms with Crippen molar-refractivity contribution in [3.05, 3.63) is 46.2 Å². The molecule has 114 valence electrons. The van der Waals surface area contributed by atoms with E-state index in [2.05, 4.69) is 4.72 Å². The second kappa shape index (κ2) is 5.66. The molecule has 4 nitrogen and oxygen atoms in total. The molecule has 1 heterocycles. The third-order valence-electron chi connectivity index (χ3n) is 2.62. The third kappa shape index (κ3) is 3.55. The number of rotatable bonds is 4. The Morgan fingerprint density at radius 1 is 1.24 bits per heavy atom. The minimum atomic E-state index is -4.54. The summed E-state index contributed by atoms with van der Waals surface area (Å²) in [5, 5.41) is 1.56. The van der Waals surface area contributed by atoms with Crippen molar-refractivity contribution >= 4 is 27.0 Å². The van der Waals surface area contributed by atoms with Gasteiger partial charge >= 0.3 is 6.18 Å². The normalized spacial score (nSPS) is 12.4. The Labute approximate surface area is 123 Å². The number of hydrogen-bond acceptors (Lipinski definition) is 4. The highest BCUT2D eigenvalue weighted by Crippen LogP contribution is 2.31. The van der Waals surface area contributed by atoms with Gasteiger partial charge in [0.2, 0.25) is 0 Å². The van der Waals surface area contributed by atoms with Crippen LogP contribution in [0.4, 0.5) is 18.9 Å². The number of hydrogen-bond donors (Lipinski definition) is 2. The molecular formula is C12H11F3N2O2S2. The number of sulfonamides is 1. The molecule has 21 heavy (non-hydrogen) atoms. The molecule has 0 fully saturated rings. The molecule has 0 radical (unpaired) electrons. The van der Waals surface area contributed by atoms with Gasteiger partial charge in [-0.25, -0.2) is 8.42 Å². The Morgan fingerprint density at radius 2 is 1.95 bits per heavy atom. The molecule has 2 rings (SSSR count). The van der Waals surface area contributed by atoms with Crippen LogP contribution in [0, 0.1) is 0 Å². The van der Waals surface area contributed by atoms with Gasteiger partial charge in [0.05, 0.1) is 5.56 Å². The molecule has 0 bridgehead atoms. The van der Waals surface area contributed by atoms with E-state index in [4.69, 9.17) is 5.73 Å². The summed E-state index contributed by atoms with van der Waals surface area (Å²) in [6.45, 7) is 0.0382. The van der Waals surface area contributed by atoms with Crippen LogP contribution < -0.4 is 10.5 Å². The van der Waals surface area contributed by atoms with Gasteiger partial charge in [-0.05, 0) is 29.6 Å². The van der Waals surface area contributed by atoms with E-state index in [-0.39, 0.29) is 17.1 Å². The van der Waals surface area contributed by atoms with Gasteiger partial charge in [0.15, 0.2) is 0 Å². The van der Waals surface area contributed by atoms with Gasteiger partial charge in [-0.15, -0.1) is 11.3 Å². The standard InChI is InChI=1S/C12H11F3N2O2S2/c13-12(14,15)8-2-1-3-9(6-8)17-21(18,19)11-4-5-20-10(11)7-16/h1-6,17H,7,16H2. The molecule has 1 aromatic carbocycles. The molecule has 0 aliphatic heterocycles. The van der Waals surface area contributed by atoms with Crippen molar-refractivity contribution in [1.29, 1.82) is 0 Å². The van der Waals surface area contributed by atoms with E-state index >= 15 is 0 Å². The maximum atomic E-state index is 12.6. The monoisotopic (exact) mass is 336 g/mol. The maximum absolute atomic E-state index is 12.6. The van der Waals surface area contributed by atoms with Crippen LogP contribution in [-0.2, 0) is 22.7 Å². The van der Waals surface area contributed by atoms with Crippen LogP contribution >= 0.6 is 11.3 Å². The predicted octanol–water partition coefficient (Wildman–Crippen LogP) is 3.03. The Kier molecular flexibility index (Phi) is 4.26. The fourth-order valence-electron chi connectivity index (χ4n) is 1.69. The van der Waals surface area contributed by atoms with Gasteiger partial charge in [0.25, 0.3) is 10.0 Å². The van der Waals surface area contributed by atoms with Crippen LogP contribution in [0.5, 0.6) is 0 Å². The average molecular weight is 336 g/mol. The molecule has 0 aliphatic carbocycles. The first-order chi connectivity index (χ1) is 9.74. The first-order valence-electron chi connectivity index (χ1n) is 5.70. The molecule has 2 aromatic rings. The number of nitrogens with one attached hydrogen (secondary N) is 1. The van der Waals surface area contributed by atoms with E-state index in [9.17, 15) is 21.6 Å². The summed E-state index contributed by atoms with van der Waals surface area (Å²) in [5.74, 6) is 0. The lowest BCUT2D eigenvalue weighted by molar-refractivity contribution is -0.137. The zero-order chi connectivity index (χ0) is 15.7. The molecule has 0 atom stereocenters. The van der Waals surface area contributed by atoms with E-state index < -0.39 is 21.8 Å². The smallest absolute Gasteiger partial charge is 0.326 e. The van der Waals surface area contributed by atoms with Crippen molar-refractivity contribution in [2.75, 3.05) is 4.72 Å². The summed E-state index contributed by atoms with van der Waals surface area (Å²) in [6.07, 6.45) is -4.54. The maximum Gasteiger partial charge on any atom is 0.416 e. The highest BCUT2D eigenvalue weighted by molar-refractivity contribution is 7.93. The average Bonchev–Trinajstić information content (AvgIpc) is 2.86. The second-order valence-corrected chi connectivity index (χ2v) is 6.75. The van der Waals surface area contributed by atoms with Crippen molar-refractivity contribution in [2.45, 2.75) is 17.6 Å². The predicted molar refractivity (Wildman–Crippen MR) is 74.5 cm³/mol. The molecule has 1 aromatic heterocycles. The zero-order valence-electron chi connectivity index (χ0n) is 10.5. The number of thiophene rings is 1. The van der Waals surface area contributed by atoms with Gasteiger partial charge in [-0.1, -0.05) is 6.07 Å². The Hall–Kier alpha value is -1.58. The van der Waals surface area contributed by atoms with Crippen LogP contribution in [0.15, 0.2) is 40.6 Å². The van der Waals surface area contributed by atoms with Crippen LogP contribution in [0.25, 0.3) is 0 Å². The lowest BCUT2D eigenvalue weighted by atomic mass is 10.2. The van der Waals surface area contributed by atoms with E-state index in [1.54, 1.807) is 5.38 Å². The lowest BCUT2D eigenvalue weighted by Gasteiger charge is -2.11. The number of alkyl halides is 3. The summed E-state index contributed by atoms with van der Waals surface area (Å²) in [6, 6.07) is 5.36. The largest absolute Gasteiger partial charge is 0.416 e. The zero-order valence-corrected chi connectivity index (χ0v) is 12.1. The van der Waals surface area contributed by atoms with Gasteiger partial charge in [-0.2, -0.15) is 13.2 Å². The van der Waals surface area contributed by atoms with Crippen LogP contribution in [0.2, 0.25) is 0 Å². The molecule has 0 spiro atoms. The highest BCUT2D eigenvalue weighted by Gasteiger charge is 2.30. The molecule has 0 saturated carbocycles. The Morgan fingerprint density at radius 3 is 2.57 bits per heavy atom. The molecule has 0 aliphatic rings. The Balaban J connectivity index is 2.34. The molecule has 0 amide bonds. The van der Waals surface area contributed by atoms with Gasteiger partial charge in [0.1, 0.15) is 4.90 Å². The van der Waals surface area contributed by atoms with Crippen molar-refractivity contribution < 1.29 is 21.6 Å². The number of nitrogens with two attached hydrogens (primary N) is 1. The molecule has 3 N–H and O–H groups in total. The molecular weight excluding hydrogens is 325 g/mol. The van der Waals surface area contributed by atoms with E-state index in [1.807, 2.05) is 0 Å². The number of benzene rings is 1. The van der Waals surface area contributed by atoms with E-state index in [0.29, 0.717) is 4.88 Å². The van der Waals surface area contributed by atoms with Crippen molar-refractivity contribution in [3.8, 4) is 0 Å². The quantitative estimate of drug-likeness (QED) is 0.901. The minimum absolute atomic E-state index is 0.0209. The van der Waals surface area contributed by atoms with E-state index in [1.165, 1.54) is 23.5 Å². The van der Waals surface area contributed by atoms with Gasteiger partial charge in [-0.3, -0.25) is 4.72 Å². The number of anilines is 1. The topological polar surface area (TPSA) is 72.2 Å². The fraction of sp³-hybridized carbons (Fsp3) is 0.167. The van der Waals surface area contributed by atoms with Crippen LogP contribution in [0.3, 0.4) is 0 Å². The summed E-state index contributed by atoms with van der Waals surface area (Å²) >= 11 is 1.17. The molecule has 9 heteroatoms. The summed E-state index contributed by atoms with van der Waals surface area (Å²) in [5.41, 5.74) is 4.36. The van der Waals surface area contributed by atoms with Crippen LogP contribution in [0.1, 0.15) is 10.4 Å². The van der Waals surface area contributed by atoms with Crippen molar-refractivity contribution in [3.63, 3.8) is 0 Å². The third-order valence-corrected chi connectivity index (χ3v) is 5.16. The first kappa shape index (κ1) is 15.8. The van der Waals surface area contributed by atoms with Gasteiger partial charge in [0, 0.05) is 17.1 Å². The first-order valence-corrected chi connectivity index (χ1v) is 8.07. The summed E-state index contributed by atoms with van der Waals surface area (Å²) in [4.78, 5) is 0.418. The van der Waals surface area contributed by atoms with Crippen molar-refractivity contribution in [2.24, 2.45) is 5.73 Å². The van der Waals surface area contributed by atoms with Crippen LogP contribution in [-0.4, -0.2) is 8.42 Å². The summed E-state index contributed by atoms with van der Waals surface area (Å²) < 4.78 is 64.3. The molecule has 0 saturated heterocycles. The highest BCUT2D eigenvalue weighted by atomic mass is 32.2. The minimum Gasteiger partial charge on any atom is -0.326 e. The fourth-order valence-corrected chi connectivity index (χ4v) is 4.07. The summed E-state index contributed by atoms with van der Waals surface area (Å²) in [7, 11) is -3.96. The second-order valence-electron chi connectivity index (χ2n) is 4.10. The number of halogens is 3. The molecule has 0 unspecified atom stereocenters.